The van der Waals surface area contributed by atoms with Crippen LogP contribution in [0.4, 0.5) is 11.4 Å². The maximum absolute atomic E-state index is 10.1. The number of ether oxygens (including phenoxy) is 2. The van der Waals surface area contributed by atoms with Gasteiger partial charge in [-0.25, -0.2) is 0 Å². The van der Waals surface area contributed by atoms with Crippen LogP contribution in [0.25, 0.3) is 106 Å². The molecule has 3 unspecified atom stereocenters. The van der Waals surface area contributed by atoms with E-state index in [2.05, 4.69) is 230 Å². The molecular formula is C84H82N8O2S10. The van der Waals surface area contributed by atoms with Gasteiger partial charge in [0.1, 0.15) is 51.3 Å². The highest BCUT2D eigenvalue weighted by atomic mass is 32.2. The van der Waals surface area contributed by atoms with Crippen LogP contribution in [0.15, 0.2) is 185 Å². The molecule has 0 saturated heterocycles. The summed E-state index contributed by atoms with van der Waals surface area (Å²) >= 11 is 16.4. The minimum absolute atomic E-state index is 0.112. The number of rotatable bonds is 30. The molecule has 0 radical (unpaired) electrons. The van der Waals surface area contributed by atoms with E-state index in [4.69, 9.17) is 27.0 Å². The van der Waals surface area contributed by atoms with Crippen molar-refractivity contribution in [2.75, 3.05) is 50.2 Å². The molecule has 20 heteroatoms. The number of hydrogen-bond acceptors (Lipinski definition) is 20. The van der Waals surface area contributed by atoms with Gasteiger partial charge in [-0.05, 0) is 207 Å². The first-order chi connectivity index (χ1) is 50.9. The van der Waals surface area contributed by atoms with E-state index in [0.717, 1.165) is 143 Å². The fourth-order valence-corrected chi connectivity index (χ4v) is 24.8. The molecule has 12 aromatic rings. The summed E-state index contributed by atoms with van der Waals surface area (Å²) in [5.41, 5.74) is 16.6. The van der Waals surface area contributed by atoms with Gasteiger partial charge in [0, 0.05) is 124 Å². The number of fused-ring (bicyclic) bond motifs is 4. The van der Waals surface area contributed by atoms with Crippen LogP contribution in [-0.4, -0.2) is 57.9 Å². The molecule has 0 saturated carbocycles. The fraction of sp³-hybridized carbons (Fsp3) is 0.310. The molecule has 0 N–H and O–H groups in total. The van der Waals surface area contributed by atoms with Gasteiger partial charge in [-0.1, -0.05) is 144 Å². The molecule has 0 fully saturated rings. The smallest absolute Gasteiger partial charge is 0.150 e. The summed E-state index contributed by atoms with van der Waals surface area (Å²) in [6, 6.07) is 57.3. The monoisotopic (exact) mass is 1550 g/mol. The van der Waals surface area contributed by atoms with Crippen molar-refractivity contribution in [1.82, 2.24) is 17.5 Å². The first-order valence-electron chi connectivity index (χ1n) is 36.0. The van der Waals surface area contributed by atoms with Gasteiger partial charge < -0.3 is 19.3 Å². The van der Waals surface area contributed by atoms with Crippen LogP contribution in [0.1, 0.15) is 113 Å². The fourth-order valence-electron chi connectivity index (χ4n) is 13.8. The number of nitriles is 2. The molecule has 8 heterocycles. The Morgan fingerprint density at radius 2 is 0.788 bits per heavy atom. The Kier molecular flexibility index (Phi) is 23.9. The Balaban J connectivity index is 0.613. The second kappa shape index (κ2) is 33.7. The van der Waals surface area contributed by atoms with Gasteiger partial charge in [0.05, 0.1) is 40.9 Å². The maximum Gasteiger partial charge on any atom is 0.150 e. The predicted molar refractivity (Wildman–Crippen MR) is 452 cm³/mol. The zero-order valence-electron chi connectivity index (χ0n) is 60.0. The summed E-state index contributed by atoms with van der Waals surface area (Å²) in [5, 5.41) is 20.3. The first kappa shape index (κ1) is 73.7. The van der Waals surface area contributed by atoms with Crippen LogP contribution in [0.5, 0.6) is 11.5 Å². The second-order valence-electron chi connectivity index (χ2n) is 26.9. The number of benzene rings is 6. The summed E-state index contributed by atoms with van der Waals surface area (Å²) < 4.78 is 35.0. The number of thioether (sulfide) groups is 4. The van der Waals surface area contributed by atoms with Crippen LogP contribution in [0.2, 0.25) is 0 Å². The van der Waals surface area contributed by atoms with Crippen molar-refractivity contribution in [3.8, 4) is 107 Å². The lowest BCUT2D eigenvalue weighted by Gasteiger charge is -2.27. The van der Waals surface area contributed by atoms with Crippen LogP contribution < -0.4 is 19.3 Å². The number of thiophene rings is 4. The van der Waals surface area contributed by atoms with E-state index in [1.807, 2.05) is 46.2 Å². The predicted octanol–water partition coefficient (Wildman–Crippen LogP) is 27.4. The minimum atomic E-state index is 0.112. The van der Waals surface area contributed by atoms with Crippen molar-refractivity contribution in [2.24, 2.45) is 17.8 Å². The summed E-state index contributed by atoms with van der Waals surface area (Å²) in [4.78, 5) is 18.6. The lowest BCUT2D eigenvalue weighted by molar-refractivity contribution is 0.172. The number of nitrogens with zero attached hydrogens (tertiary/aromatic N) is 8. The van der Waals surface area contributed by atoms with Crippen LogP contribution in [0, 0.1) is 40.4 Å². The molecule has 2 aliphatic rings. The Morgan fingerprint density at radius 1 is 0.404 bits per heavy atom. The van der Waals surface area contributed by atoms with E-state index in [1.54, 1.807) is 22.7 Å². The van der Waals surface area contributed by atoms with Crippen molar-refractivity contribution in [3.63, 3.8) is 0 Å². The third-order valence-corrected chi connectivity index (χ3v) is 31.0. The van der Waals surface area contributed by atoms with E-state index < -0.39 is 0 Å². The van der Waals surface area contributed by atoms with E-state index in [0.29, 0.717) is 28.6 Å². The van der Waals surface area contributed by atoms with Crippen molar-refractivity contribution in [2.45, 2.75) is 132 Å². The quantitative estimate of drug-likeness (QED) is 0.0397. The Labute approximate surface area is 653 Å². The average molecular weight is 1560 g/mol. The molecule has 104 heavy (non-hydrogen) atoms. The zero-order chi connectivity index (χ0) is 72.0. The largest absolute Gasteiger partial charge is 0.493 e. The third-order valence-electron chi connectivity index (χ3n) is 19.7. The number of unbranched alkanes of at least 4 members (excludes halogenated alkanes) is 1. The molecule has 0 spiro atoms. The SMILES string of the molecule is CCCCC(CC)COc1ccc(-c2ccc(-c3c4c(c(-c5ccc(-c6ccc(OCC(CC)C(CCC)CCCN(C)c7ccc(-c8ccc(-c9c%10c(c(-c%11ccc(-c%12ccc(N(C)CCC)cc%12)s%11)c%11nsnc9%11)SC(=C(C)C)S%10)s8)cc7)cc6)s5)c5nsnc35)SC(=C(C#N)C#N)S4)s2)cc1. The summed E-state index contributed by atoms with van der Waals surface area (Å²) in [6.07, 6.45) is 11.5. The van der Waals surface area contributed by atoms with Crippen molar-refractivity contribution < 1.29 is 9.47 Å². The van der Waals surface area contributed by atoms with Crippen molar-refractivity contribution >= 4 is 149 Å². The lowest BCUT2D eigenvalue weighted by Crippen LogP contribution is -2.24. The van der Waals surface area contributed by atoms with Gasteiger partial charge in [0.25, 0.3) is 0 Å². The Morgan fingerprint density at radius 3 is 1.15 bits per heavy atom. The first-order valence-corrected chi connectivity index (χ1v) is 43.9. The molecule has 14 rings (SSSR count). The van der Waals surface area contributed by atoms with Gasteiger partial charge in [0.15, 0.2) is 0 Å². The maximum atomic E-state index is 10.1. The van der Waals surface area contributed by atoms with E-state index in [9.17, 15) is 10.5 Å². The summed E-state index contributed by atoms with van der Waals surface area (Å²) in [7, 11) is 4.40. The molecule has 6 aromatic heterocycles. The molecule has 6 aromatic carbocycles. The molecule has 3 atom stereocenters. The molecule has 0 aliphatic carbocycles. The van der Waals surface area contributed by atoms with E-state index in [-0.39, 0.29) is 5.57 Å². The van der Waals surface area contributed by atoms with Crippen LogP contribution >= 0.6 is 116 Å². The Hall–Kier alpha value is -7.18. The summed E-state index contributed by atoms with van der Waals surface area (Å²) in [5.74, 6) is 3.34. The van der Waals surface area contributed by atoms with Gasteiger partial charge in [-0.3, -0.25) is 0 Å². The standard InChI is InChI=1S/C84H82N8O2S10/c1-10-15-18-51(13-4)48-93-61-32-24-56(25-33-61)65-38-42-69(97-65)73-77-78(90-104-89-77)74(82-81(73)101-84(102-82)58(46-85)47-86)70-43-39-66(98-70)57-26-34-62(35-27-57)94-49-52(14-5)53(17-11-2)19-16-45-92(9)60-30-22-55(23-31-60)64-37-41-68(96-64)72-76-75(87-103-88-76)71(79-80(72)100-83(99-79)50(6)7)67-40-36-63(95-67)54-20-28-59(29-21-54)91(8)44-12-3/h20-43,51-53H,10-19,44-45,48-49H2,1-9H3. The molecule has 530 valence electrons. The molecule has 10 nitrogen and oxygen atoms in total. The highest BCUT2D eigenvalue weighted by Gasteiger charge is 2.35. The third kappa shape index (κ3) is 15.7. The molecular weight excluding hydrogens is 1470 g/mol. The molecule has 0 bridgehead atoms. The van der Waals surface area contributed by atoms with Crippen molar-refractivity contribution in [1.29, 1.82) is 10.5 Å². The number of allylic oxidation sites excluding steroid dienone is 2. The minimum Gasteiger partial charge on any atom is -0.493 e. The van der Waals surface area contributed by atoms with Crippen LogP contribution in [-0.2, 0) is 0 Å². The number of anilines is 2. The van der Waals surface area contributed by atoms with Gasteiger partial charge in [-0.2, -0.15) is 28.0 Å². The van der Waals surface area contributed by atoms with Gasteiger partial charge >= 0.3 is 0 Å². The average Bonchev–Trinajstić information content (AvgIpc) is 1.57. The number of aromatic nitrogens is 4. The molecule has 2 aliphatic heterocycles. The zero-order valence-corrected chi connectivity index (χ0v) is 68.1. The summed E-state index contributed by atoms with van der Waals surface area (Å²) in [6.45, 7) is 19.2. The molecule has 0 amide bonds. The number of hydrogen-bond donors (Lipinski definition) is 0. The normalized spacial score (nSPS) is 13.5. The van der Waals surface area contributed by atoms with E-state index in [1.165, 1.54) is 145 Å². The van der Waals surface area contributed by atoms with Gasteiger partial charge in [-0.15, -0.1) is 45.3 Å². The van der Waals surface area contributed by atoms with Crippen molar-refractivity contribution in [3.05, 3.63) is 165 Å². The van der Waals surface area contributed by atoms with Crippen LogP contribution in [0.3, 0.4) is 0 Å². The van der Waals surface area contributed by atoms with Gasteiger partial charge in [0.2, 0.25) is 0 Å². The second-order valence-corrected chi connectivity index (χ2v) is 36.9. The highest BCUT2D eigenvalue weighted by molar-refractivity contribution is 8.25. The topological polar surface area (TPSA) is 124 Å². The Bertz CT molecular complexity index is 5160. The highest BCUT2D eigenvalue weighted by Crippen LogP contribution is 2.64. The van der Waals surface area contributed by atoms with E-state index >= 15 is 0 Å². The lowest BCUT2D eigenvalue weighted by atomic mass is 9.83.